The largest absolute Gasteiger partial charge is 0.342 e. The van der Waals surface area contributed by atoms with E-state index in [1.165, 1.54) is 4.90 Å². The molecule has 1 aromatic rings. The third kappa shape index (κ3) is 3.17. The zero-order valence-corrected chi connectivity index (χ0v) is 14.6. The summed E-state index contributed by atoms with van der Waals surface area (Å²) in [5.74, 6) is -0.0814. The highest BCUT2D eigenvalue weighted by Crippen LogP contribution is 2.26. The monoisotopic (exact) mass is 378 g/mol. The fourth-order valence-electron chi connectivity index (χ4n) is 3.25. The van der Waals surface area contributed by atoms with Crippen LogP contribution in [-0.4, -0.2) is 47.2 Å². The van der Waals surface area contributed by atoms with Gasteiger partial charge in [0.05, 0.1) is 11.1 Å². The van der Waals surface area contributed by atoms with Crippen molar-refractivity contribution in [1.82, 2.24) is 9.80 Å². The topological polar surface area (TPSA) is 57.7 Å². The number of hydrogen-bond donors (Lipinski definition) is 0. The number of halogens is 1. The average molecular weight is 379 g/mol. The number of carbonyl (C=O) groups excluding carboxylic acids is 3. The molecule has 0 aromatic heterocycles. The first-order chi connectivity index (χ1) is 11.0. The lowest BCUT2D eigenvalue weighted by Gasteiger charge is -2.31. The summed E-state index contributed by atoms with van der Waals surface area (Å²) in [4.78, 5) is 40.0. The molecule has 5 nitrogen and oxygen atoms in total. The Morgan fingerprint density at radius 1 is 1.26 bits per heavy atom. The van der Waals surface area contributed by atoms with E-state index in [0.717, 1.165) is 30.4 Å². The Hall–Kier alpha value is -1.69. The lowest BCUT2D eigenvalue weighted by atomic mass is 10.00. The molecule has 1 aromatic carbocycles. The number of imide groups is 1. The molecule has 0 spiro atoms. The van der Waals surface area contributed by atoms with Gasteiger partial charge in [-0.25, -0.2) is 0 Å². The van der Waals surface area contributed by atoms with Crippen molar-refractivity contribution in [3.8, 4) is 0 Å². The van der Waals surface area contributed by atoms with Gasteiger partial charge in [0.25, 0.3) is 11.8 Å². The molecule has 0 bridgehead atoms. The maximum Gasteiger partial charge on any atom is 0.261 e. The van der Waals surface area contributed by atoms with Crippen molar-refractivity contribution < 1.29 is 14.4 Å². The molecule has 6 heteroatoms. The van der Waals surface area contributed by atoms with Gasteiger partial charge in [-0.3, -0.25) is 19.3 Å². The van der Waals surface area contributed by atoms with Crippen LogP contribution in [0.1, 0.15) is 46.9 Å². The highest BCUT2D eigenvalue weighted by molar-refractivity contribution is 9.10. The zero-order valence-electron chi connectivity index (χ0n) is 13.0. The van der Waals surface area contributed by atoms with Crippen LogP contribution in [0.2, 0.25) is 0 Å². The van der Waals surface area contributed by atoms with Gasteiger partial charge in [0.15, 0.2) is 0 Å². The number of benzene rings is 1. The van der Waals surface area contributed by atoms with Gasteiger partial charge in [-0.2, -0.15) is 0 Å². The Labute approximate surface area is 143 Å². The summed E-state index contributed by atoms with van der Waals surface area (Å²) in [6.07, 6.45) is 2.37. The summed E-state index contributed by atoms with van der Waals surface area (Å²) >= 11 is 3.31. The number of rotatable bonds is 3. The predicted octanol–water partition coefficient (Wildman–Crippen LogP) is 2.69. The average Bonchev–Trinajstić information content (AvgIpc) is 2.76. The van der Waals surface area contributed by atoms with Crippen molar-refractivity contribution >= 4 is 33.7 Å². The molecule has 0 N–H and O–H groups in total. The Morgan fingerprint density at radius 2 is 2.00 bits per heavy atom. The smallest absolute Gasteiger partial charge is 0.261 e. The Balaban J connectivity index is 1.64. The first-order valence-electron chi connectivity index (χ1n) is 7.91. The molecule has 3 rings (SSSR count). The standard InChI is InChI=1S/C17H19BrN2O3/c1-11-3-2-7-19(10-11)15(21)6-8-20-16(22)13-5-4-12(18)9-14(13)17(20)23/h4-5,9,11H,2-3,6-8,10H2,1H3. The third-order valence-electron chi connectivity index (χ3n) is 4.49. The predicted molar refractivity (Wildman–Crippen MR) is 89.1 cm³/mol. The fraction of sp³-hybridized carbons (Fsp3) is 0.471. The van der Waals surface area contributed by atoms with Crippen molar-refractivity contribution in [3.63, 3.8) is 0 Å². The molecule has 2 aliphatic rings. The van der Waals surface area contributed by atoms with Crippen LogP contribution in [-0.2, 0) is 4.79 Å². The Bertz CT molecular complexity index is 674. The van der Waals surface area contributed by atoms with Gasteiger partial charge in [-0.05, 0) is 37.0 Å². The van der Waals surface area contributed by atoms with E-state index in [4.69, 9.17) is 0 Å². The van der Waals surface area contributed by atoms with Crippen molar-refractivity contribution in [2.45, 2.75) is 26.2 Å². The van der Waals surface area contributed by atoms with E-state index in [-0.39, 0.29) is 30.7 Å². The SMILES string of the molecule is CC1CCCN(C(=O)CCN2C(=O)c3ccc(Br)cc3C2=O)C1. The first-order valence-corrected chi connectivity index (χ1v) is 8.70. The minimum atomic E-state index is -0.314. The number of piperidine rings is 1. The van der Waals surface area contributed by atoms with E-state index in [1.54, 1.807) is 18.2 Å². The van der Waals surface area contributed by atoms with E-state index < -0.39 is 0 Å². The normalized spacial score (nSPS) is 20.9. The van der Waals surface area contributed by atoms with Gasteiger partial charge in [-0.1, -0.05) is 22.9 Å². The summed E-state index contributed by atoms with van der Waals surface area (Å²) in [7, 11) is 0. The van der Waals surface area contributed by atoms with Gasteiger partial charge >= 0.3 is 0 Å². The highest BCUT2D eigenvalue weighted by atomic mass is 79.9. The van der Waals surface area contributed by atoms with Crippen LogP contribution in [0.4, 0.5) is 0 Å². The van der Waals surface area contributed by atoms with Crippen LogP contribution in [0.3, 0.4) is 0 Å². The summed E-state index contributed by atoms with van der Waals surface area (Å²) < 4.78 is 0.762. The number of nitrogens with zero attached hydrogens (tertiary/aromatic N) is 2. The second kappa shape index (κ2) is 6.43. The van der Waals surface area contributed by atoms with Crippen LogP contribution in [0.5, 0.6) is 0 Å². The van der Waals surface area contributed by atoms with Crippen LogP contribution >= 0.6 is 15.9 Å². The minimum absolute atomic E-state index is 0.0225. The van der Waals surface area contributed by atoms with E-state index in [1.807, 2.05) is 4.90 Å². The molecular weight excluding hydrogens is 360 g/mol. The molecule has 1 unspecified atom stereocenters. The van der Waals surface area contributed by atoms with Gasteiger partial charge in [0.1, 0.15) is 0 Å². The first kappa shape index (κ1) is 16.2. The number of carbonyl (C=O) groups is 3. The van der Waals surface area contributed by atoms with Crippen molar-refractivity contribution in [2.75, 3.05) is 19.6 Å². The molecule has 0 aliphatic carbocycles. The maximum atomic E-state index is 12.4. The molecule has 1 fully saturated rings. The van der Waals surface area contributed by atoms with E-state index in [2.05, 4.69) is 22.9 Å². The molecule has 0 radical (unpaired) electrons. The second-order valence-electron chi connectivity index (χ2n) is 6.29. The highest BCUT2D eigenvalue weighted by Gasteiger charge is 2.35. The van der Waals surface area contributed by atoms with E-state index in [0.29, 0.717) is 17.0 Å². The molecule has 122 valence electrons. The lowest BCUT2D eigenvalue weighted by Crippen LogP contribution is -2.41. The van der Waals surface area contributed by atoms with E-state index >= 15 is 0 Å². The molecule has 23 heavy (non-hydrogen) atoms. The molecule has 0 saturated carbocycles. The van der Waals surface area contributed by atoms with Crippen LogP contribution < -0.4 is 0 Å². The van der Waals surface area contributed by atoms with Crippen LogP contribution in [0.25, 0.3) is 0 Å². The van der Waals surface area contributed by atoms with Crippen molar-refractivity contribution in [2.24, 2.45) is 5.92 Å². The van der Waals surface area contributed by atoms with Gasteiger partial charge < -0.3 is 4.90 Å². The lowest BCUT2D eigenvalue weighted by molar-refractivity contribution is -0.132. The van der Waals surface area contributed by atoms with Gasteiger partial charge in [0.2, 0.25) is 5.91 Å². The van der Waals surface area contributed by atoms with Gasteiger partial charge in [0, 0.05) is 30.5 Å². The number of amides is 3. The van der Waals surface area contributed by atoms with Gasteiger partial charge in [-0.15, -0.1) is 0 Å². The van der Waals surface area contributed by atoms with Crippen LogP contribution in [0.15, 0.2) is 22.7 Å². The molecule has 1 saturated heterocycles. The summed E-state index contributed by atoms with van der Waals surface area (Å²) in [5, 5.41) is 0. The molecule has 3 amide bonds. The molecule has 1 atom stereocenters. The Morgan fingerprint density at radius 3 is 2.74 bits per heavy atom. The van der Waals surface area contributed by atoms with Crippen molar-refractivity contribution in [3.05, 3.63) is 33.8 Å². The van der Waals surface area contributed by atoms with Crippen LogP contribution in [0, 0.1) is 5.92 Å². The third-order valence-corrected chi connectivity index (χ3v) is 4.98. The molecule has 2 aliphatic heterocycles. The van der Waals surface area contributed by atoms with Crippen molar-refractivity contribution in [1.29, 1.82) is 0 Å². The summed E-state index contributed by atoms with van der Waals surface area (Å²) in [5.41, 5.74) is 0.820. The van der Waals surface area contributed by atoms with E-state index in [9.17, 15) is 14.4 Å². The number of fused-ring (bicyclic) bond motifs is 1. The Kier molecular flexibility index (Phi) is 4.53. The fourth-order valence-corrected chi connectivity index (χ4v) is 3.61. The summed E-state index contributed by atoms with van der Waals surface area (Å²) in [6.45, 7) is 3.83. The number of likely N-dealkylation sites (tertiary alicyclic amines) is 1. The molecule has 2 heterocycles. The second-order valence-corrected chi connectivity index (χ2v) is 7.20. The number of hydrogen-bond acceptors (Lipinski definition) is 3. The summed E-state index contributed by atoms with van der Waals surface area (Å²) in [6, 6.07) is 5.05. The minimum Gasteiger partial charge on any atom is -0.342 e. The quantitative estimate of drug-likeness (QED) is 0.759. The molecular formula is C17H19BrN2O3. The zero-order chi connectivity index (χ0) is 16.6. The maximum absolute atomic E-state index is 12.4.